The Hall–Kier alpha value is -1.73. The highest BCUT2D eigenvalue weighted by atomic mass is 79.9. The lowest BCUT2D eigenvalue weighted by Gasteiger charge is -2.03. The predicted octanol–water partition coefficient (Wildman–Crippen LogP) is 2.57. The Labute approximate surface area is 122 Å². The van der Waals surface area contributed by atoms with Gasteiger partial charge in [-0.1, -0.05) is 15.9 Å². The molecule has 1 heterocycles. The topological polar surface area (TPSA) is 85.1 Å². The van der Waals surface area contributed by atoms with Gasteiger partial charge in [0.15, 0.2) is 5.01 Å². The zero-order valence-electron chi connectivity index (χ0n) is 9.94. The number of benzene rings is 1. The van der Waals surface area contributed by atoms with E-state index in [1.54, 1.807) is 19.1 Å². The first-order valence-electron chi connectivity index (χ1n) is 5.31. The van der Waals surface area contributed by atoms with E-state index in [9.17, 15) is 9.59 Å². The summed E-state index contributed by atoms with van der Waals surface area (Å²) in [5, 5.41) is 2.87. The Morgan fingerprint density at radius 1 is 1.32 bits per heavy atom. The maximum absolute atomic E-state index is 12.1. The molecule has 19 heavy (non-hydrogen) atoms. The van der Waals surface area contributed by atoms with Crippen LogP contribution in [0, 0.1) is 6.92 Å². The van der Waals surface area contributed by atoms with Crippen molar-refractivity contribution in [2.75, 3.05) is 5.32 Å². The van der Waals surface area contributed by atoms with Crippen molar-refractivity contribution in [3.05, 3.63) is 44.3 Å². The number of hydrogen-bond acceptors (Lipinski definition) is 4. The Morgan fingerprint density at radius 2 is 1.95 bits per heavy atom. The van der Waals surface area contributed by atoms with Crippen molar-refractivity contribution >= 4 is 44.8 Å². The standard InChI is InChI=1S/C12H10BrN3O2S/c1-6-9(19-12(15-6)10(14)17)11(18)16-8-4-2-7(13)3-5-8/h2-5H,1H3,(H2,14,17)(H,16,18). The molecule has 0 aliphatic rings. The molecule has 2 aromatic rings. The Kier molecular flexibility index (Phi) is 3.96. The van der Waals surface area contributed by atoms with Crippen LogP contribution < -0.4 is 11.1 Å². The molecule has 0 saturated carbocycles. The Balaban J connectivity index is 2.20. The van der Waals surface area contributed by atoms with E-state index in [-0.39, 0.29) is 10.9 Å². The van der Waals surface area contributed by atoms with Crippen LogP contribution in [0.3, 0.4) is 0 Å². The molecule has 1 aromatic carbocycles. The maximum atomic E-state index is 12.1. The van der Waals surface area contributed by atoms with E-state index >= 15 is 0 Å². The normalized spacial score (nSPS) is 10.2. The number of halogens is 1. The lowest BCUT2D eigenvalue weighted by Crippen LogP contribution is -2.11. The van der Waals surface area contributed by atoms with Gasteiger partial charge < -0.3 is 11.1 Å². The van der Waals surface area contributed by atoms with Gasteiger partial charge in [-0.15, -0.1) is 11.3 Å². The van der Waals surface area contributed by atoms with Crippen molar-refractivity contribution in [2.45, 2.75) is 6.92 Å². The number of aromatic nitrogens is 1. The van der Waals surface area contributed by atoms with Crippen LogP contribution in [0.4, 0.5) is 5.69 Å². The van der Waals surface area contributed by atoms with Crippen molar-refractivity contribution in [3.63, 3.8) is 0 Å². The Morgan fingerprint density at radius 3 is 2.47 bits per heavy atom. The van der Waals surface area contributed by atoms with E-state index in [2.05, 4.69) is 26.2 Å². The van der Waals surface area contributed by atoms with Crippen LogP contribution in [0.5, 0.6) is 0 Å². The van der Waals surface area contributed by atoms with Crippen LogP contribution in [-0.2, 0) is 0 Å². The molecule has 0 atom stereocenters. The first-order chi connectivity index (χ1) is 8.97. The summed E-state index contributed by atoms with van der Waals surface area (Å²) in [7, 11) is 0. The third-order valence-electron chi connectivity index (χ3n) is 2.32. The van der Waals surface area contributed by atoms with E-state index in [0.717, 1.165) is 15.8 Å². The number of nitrogens with one attached hydrogen (secondary N) is 1. The van der Waals surface area contributed by atoms with E-state index in [1.165, 1.54) is 0 Å². The minimum Gasteiger partial charge on any atom is -0.364 e. The van der Waals surface area contributed by atoms with Gasteiger partial charge in [-0.2, -0.15) is 0 Å². The van der Waals surface area contributed by atoms with E-state index in [0.29, 0.717) is 16.3 Å². The van der Waals surface area contributed by atoms with Gasteiger partial charge in [0, 0.05) is 10.2 Å². The fourth-order valence-corrected chi connectivity index (χ4v) is 2.51. The Bertz CT molecular complexity index is 637. The van der Waals surface area contributed by atoms with E-state index in [1.807, 2.05) is 12.1 Å². The summed E-state index contributed by atoms with van der Waals surface area (Å²) in [4.78, 5) is 27.4. The summed E-state index contributed by atoms with van der Waals surface area (Å²) < 4.78 is 0.926. The van der Waals surface area contributed by atoms with Gasteiger partial charge in [0.05, 0.1) is 5.69 Å². The second-order valence-corrected chi connectivity index (χ2v) is 5.67. The zero-order valence-corrected chi connectivity index (χ0v) is 12.3. The number of primary amides is 1. The van der Waals surface area contributed by atoms with Crippen molar-refractivity contribution in [2.24, 2.45) is 5.73 Å². The second kappa shape index (κ2) is 5.50. The SMILES string of the molecule is Cc1nc(C(N)=O)sc1C(=O)Nc1ccc(Br)cc1. The van der Waals surface area contributed by atoms with Gasteiger partial charge in [-0.05, 0) is 31.2 Å². The highest BCUT2D eigenvalue weighted by molar-refractivity contribution is 9.10. The summed E-state index contributed by atoms with van der Waals surface area (Å²) in [5.41, 5.74) is 6.30. The molecule has 7 heteroatoms. The molecule has 0 bridgehead atoms. The van der Waals surface area contributed by atoms with Gasteiger partial charge in [-0.25, -0.2) is 4.98 Å². The number of hydrogen-bond donors (Lipinski definition) is 2. The average Bonchev–Trinajstić information content (AvgIpc) is 2.74. The molecule has 3 N–H and O–H groups in total. The minimum atomic E-state index is -0.629. The number of nitrogens with two attached hydrogens (primary N) is 1. The monoisotopic (exact) mass is 339 g/mol. The molecular weight excluding hydrogens is 330 g/mol. The number of thiazole rings is 1. The average molecular weight is 340 g/mol. The molecule has 0 saturated heterocycles. The van der Waals surface area contributed by atoms with Gasteiger partial charge in [0.25, 0.3) is 11.8 Å². The zero-order chi connectivity index (χ0) is 14.0. The van der Waals surface area contributed by atoms with Gasteiger partial charge >= 0.3 is 0 Å². The number of carbonyl (C=O) groups excluding carboxylic acids is 2. The molecule has 1 aromatic heterocycles. The van der Waals surface area contributed by atoms with Gasteiger partial charge in [0.1, 0.15) is 4.88 Å². The quantitative estimate of drug-likeness (QED) is 0.900. The molecule has 0 unspecified atom stereocenters. The van der Waals surface area contributed by atoms with Gasteiger partial charge in [-0.3, -0.25) is 9.59 Å². The van der Waals surface area contributed by atoms with Crippen LogP contribution in [0.25, 0.3) is 0 Å². The first kappa shape index (κ1) is 13.7. The summed E-state index contributed by atoms with van der Waals surface area (Å²) in [6.45, 7) is 1.67. The van der Waals surface area contributed by atoms with Gasteiger partial charge in [0.2, 0.25) is 0 Å². The number of aryl methyl sites for hydroxylation is 1. The number of anilines is 1. The van der Waals surface area contributed by atoms with E-state index < -0.39 is 5.91 Å². The third kappa shape index (κ3) is 3.18. The fourth-order valence-electron chi connectivity index (χ4n) is 1.43. The number of rotatable bonds is 3. The molecule has 0 aliphatic carbocycles. The predicted molar refractivity (Wildman–Crippen MR) is 77.5 cm³/mol. The van der Waals surface area contributed by atoms with Crippen LogP contribution in [-0.4, -0.2) is 16.8 Å². The van der Waals surface area contributed by atoms with Crippen LogP contribution in [0.2, 0.25) is 0 Å². The second-order valence-electron chi connectivity index (χ2n) is 3.76. The maximum Gasteiger partial charge on any atom is 0.277 e. The van der Waals surface area contributed by atoms with Crippen molar-refractivity contribution in [1.82, 2.24) is 4.98 Å². The molecule has 0 aliphatic heterocycles. The molecular formula is C12H10BrN3O2S. The van der Waals surface area contributed by atoms with Crippen LogP contribution in [0.15, 0.2) is 28.7 Å². The number of amides is 2. The molecule has 0 fully saturated rings. The lowest BCUT2D eigenvalue weighted by molar-refractivity contribution is 0.0997. The highest BCUT2D eigenvalue weighted by Gasteiger charge is 2.17. The molecule has 5 nitrogen and oxygen atoms in total. The summed E-state index contributed by atoms with van der Waals surface area (Å²) >= 11 is 4.31. The van der Waals surface area contributed by atoms with Crippen molar-refractivity contribution < 1.29 is 9.59 Å². The minimum absolute atomic E-state index is 0.137. The molecule has 0 spiro atoms. The smallest absolute Gasteiger partial charge is 0.277 e. The molecule has 0 radical (unpaired) electrons. The molecule has 98 valence electrons. The highest BCUT2D eigenvalue weighted by Crippen LogP contribution is 2.20. The molecule has 2 amide bonds. The summed E-state index contributed by atoms with van der Waals surface area (Å²) in [6.07, 6.45) is 0. The third-order valence-corrected chi connectivity index (χ3v) is 4.02. The lowest BCUT2D eigenvalue weighted by atomic mass is 10.3. The largest absolute Gasteiger partial charge is 0.364 e. The first-order valence-corrected chi connectivity index (χ1v) is 6.92. The van der Waals surface area contributed by atoms with Crippen molar-refractivity contribution in [1.29, 1.82) is 0 Å². The summed E-state index contributed by atoms with van der Waals surface area (Å²) in [5.74, 6) is -0.930. The summed E-state index contributed by atoms with van der Waals surface area (Å²) in [6, 6.07) is 7.19. The fraction of sp³-hybridized carbons (Fsp3) is 0.0833. The molecule has 2 rings (SSSR count). The number of carbonyl (C=O) groups is 2. The van der Waals surface area contributed by atoms with Crippen LogP contribution >= 0.6 is 27.3 Å². The van der Waals surface area contributed by atoms with Crippen LogP contribution in [0.1, 0.15) is 25.2 Å². The van der Waals surface area contributed by atoms with Crippen molar-refractivity contribution in [3.8, 4) is 0 Å². The number of nitrogens with zero attached hydrogens (tertiary/aromatic N) is 1. The van der Waals surface area contributed by atoms with E-state index in [4.69, 9.17) is 5.73 Å².